The molecule has 2 rings (SSSR count). The summed E-state index contributed by atoms with van der Waals surface area (Å²) >= 11 is 0. The Bertz CT molecular complexity index is 383. The molecule has 1 heterocycles. The van der Waals surface area contributed by atoms with Crippen molar-refractivity contribution in [3.8, 4) is 0 Å². The number of carbonyl (C=O) groups excluding carboxylic acids is 1. The molecule has 1 fully saturated rings. The molecular weight excluding hydrogens is 202 g/mol. The summed E-state index contributed by atoms with van der Waals surface area (Å²) in [5.74, 6) is 0.455. The molecule has 1 aromatic carbocycles. The molecule has 0 atom stereocenters. The van der Waals surface area contributed by atoms with Crippen LogP contribution in [-0.4, -0.2) is 35.6 Å². The number of likely N-dealkylation sites (tertiary alicyclic amines) is 1. The van der Waals surface area contributed by atoms with Gasteiger partial charge in [-0.3, -0.25) is 4.79 Å². The van der Waals surface area contributed by atoms with Crippen molar-refractivity contribution in [1.29, 1.82) is 0 Å². The fraction of sp³-hybridized carbons (Fsp3) is 0.462. The van der Waals surface area contributed by atoms with Gasteiger partial charge in [-0.05, 0) is 12.5 Å². The van der Waals surface area contributed by atoms with Crippen LogP contribution in [0, 0.1) is 12.8 Å². The second-order valence-corrected chi connectivity index (χ2v) is 4.51. The van der Waals surface area contributed by atoms with Crippen LogP contribution in [-0.2, 0) is 11.2 Å². The number of hydrogen-bond donors (Lipinski definition) is 1. The lowest BCUT2D eigenvalue weighted by molar-refractivity contribution is -0.137. The van der Waals surface area contributed by atoms with Crippen LogP contribution in [0.1, 0.15) is 11.1 Å². The molecule has 16 heavy (non-hydrogen) atoms. The summed E-state index contributed by atoms with van der Waals surface area (Å²) in [6.45, 7) is 3.63. The fourth-order valence-corrected chi connectivity index (χ4v) is 2.00. The highest BCUT2D eigenvalue weighted by Gasteiger charge is 2.29. The quantitative estimate of drug-likeness (QED) is 0.823. The Morgan fingerprint density at radius 1 is 1.50 bits per heavy atom. The van der Waals surface area contributed by atoms with Crippen molar-refractivity contribution in [2.45, 2.75) is 13.3 Å². The number of nitrogens with zero attached hydrogens (tertiary/aromatic N) is 1. The van der Waals surface area contributed by atoms with Crippen molar-refractivity contribution in [3.63, 3.8) is 0 Å². The predicted octanol–water partition coefficient (Wildman–Crippen LogP) is 0.988. The highest BCUT2D eigenvalue weighted by atomic mass is 16.3. The molecule has 0 aliphatic carbocycles. The number of rotatable bonds is 3. The minimum absolute atomic E-state index is 0.162. The average Bonchev–Trinajstić information content (AvgIpc) is 2.15. The Hall–Kier alpha value is -1.35. The van der Waals surface area contributed by atoms with E-state index in [2.05, 4.69) is 0 Å². The molecule has 86 valence electrons. The maximum Gasteiger partial charge on any atom is 0.227 e. The summed E-state index contributed by atoms with van der Waals surface area (Å²) in [6.07, 6.45) is 0.472. The molecule has 0 radical (unpaired) electrons. The largest absolute Gasteiger partial charge is 0.396 e. The molecule has 0 saturated carbocycles. The van der Waals surface area contributed by atoms with E-state index >= 15 is 0 Å². The zero-order valence-corrected chi connectivity index (χ0v) is 9.52. The molecule has 1 saturated heterocycles. The molecule has 3 heteroatoms. The second kappa shape index (κ2) is 4.66. The number of amides is 1. The van der Waals surface area contributed by atoms with Crippen LogP contribution >= 0.6 is 0 Å². The van der Waals surface area contributed by atoms with Crippen molar-refractivity contribution in [2.24, 2.45) is 5.92 Å². The third kappa shape index (κ3) is 2.42. The van der Waals surface area contributed by atoms with Gasteiger partial charge in [0.15, 0.2) is 0 Å². The van der Waals surface area contributed by atoms with E-state index in [0.717, 1.165) is 5.56 Å². The molecule has 1 aromatic rings. The summed E-state index contributed by atoms with van der Waals surface area (Å²) in [7, 11) is 0. The standard InChI is InChI=1S/C13H17NO2/c1-10-3-2-4-11(5-10)6-13(16)14-7-12(8-14)9-15/h2-5,12,15H,6-9H2,1H3. The van der Waals surface area contributed by atoms with Gasteiger partial charge in [-0.1, -0.05) is 29.8 Å². The summed E-state index contributed by atoms with van der Waals surface area (Å²) in [5.41, 5.74) is 2.25. The molecular formula is C13H17NO2. The zero-order valence-electron chi connectivity index (χ0n) is 9.52. The summed E-state index contributed by atoms with van der Waals surface area (Å²) in [5, 5.41) is 8.87. The lowest BCUT2D eigenvalue weighted by Crippen LogP contribution is -2.51. The Balaban J connectivity index is 1.89. The van der Waals surface area contributed by atoms with E-state index < -0.39 is 0 Å². The highest BCUT2D eigenvalue weighted by molar-refractivity contribution is 5.79. The van der Waals surface area contributed by atoms with Crippen LogP contribution in [0.3, 0.4) is 0 Å². The first kappa shape index (κ1) is 11.1. The van der Waals surface area contributed by atoms with Crippen LogP contribution in [0.15, 0.2) is 24.3 Å². The summed E-state index contributed by atoms with van der Waals surface area (Å²) in [6, 6.07) is 8.03. The molecule has 0 spiro atoms. The Labute approximate surface area is 95.7 Å². The highest BCUT2D eigenvalue weighted by Crippen LogP contribution is 2.16. The average molecular weight is 219 g/mol. The van der Waals surface area contributed by atoms with Crippen molar-refractivity contribution in [1.82, 2.24) is 4.90 Å². The maximum absolute atomic E-state index is 11.8. The molecule has 0 aromatic heterocycles. The molecule has 1 aliphatic heterocycles. The fourth-order valence-electron chi connectivity index (χ4n) is 2.00. The van der Waals surface area contributed by atoms with E-state index in [4.69, 9.17) is 5.11 Å². The van der Waals surface area contributed by atoms with Gasteiger partial charge in [-0.2, -0.15) is 0 Å². The topological polar surface area (TPSA) is 40.5 Å². The number of carbonyl (C=O) groups is 1. The first-order chi connectivity index (χ1) is 7.69. The van der Waals surface area contributed by atoms with Gasteiger partial charge >= 0.3 is 0 Å². The monoisotopic (exact) mass is 219 g/mol. The Kier molecular flexibility index (Phi) is 3.25. The first-order valence-electron chi connectivity index (χ1n) is 5.63. The molecule has 1 aliphatic rings. The predicted molar refractivity (Wildman–Crippen MR) is 62.0 cm³/mol. The zero-order chi connectivity index (χ0) is 11.5. The van der Waals surface area contributed by atoms with Crippen molar-refractivity contribution in [2.75, 3.05) is 19.7 Å². The van der Waals surface area contributed by atoms with Crippen LogP contribution in [0.4, 0.5) is 0 Å². The maximum atomic E-state index is 11.8. The lowest BCUT2D eigenvalue weighted by atomic mass is 9.99. The van der Waals surface area contributed by atoms with E-state index in [1.807, 2.05) is 36.1 Å². The number of hydrogen-bond acceptors (Lipinski definition) is 2. The molecule has 3 nitrogen and oxygen atoms in total. The van der Waals surface area contributed by atoms with E-state index in [1.165, 1.54) is 5.56 Å². The molecule has 0 bridgehead atoms. The van der Waals surface area contributed by atoms with Crippen molar-refractivity contribution in [3.05, 3.63) is 35.4 Å². The minimum atomic E-state index is 0.162. The van der Waals surface area contributed by atoms with Crippen molar-refractivity contribution >= 4 is 5.91 Å². The number of benzene rings is 1. The minimum Gasteiger partial charge on any atom is -0.396 e. The van der Waals surface area contributed by atoms with Gasteiger partial charge in [0.25, 0.3) is 0 Å². The first-order valence-corrected chi connectivity index (χ1v) is 5.63. The Morgan fingerprint density at radius 3 is 2.88 bits per heavy atom. The van der Waals surface area contributed by atoms with Gasteiger partial charge in [0, 0.05) is 25.6 Å². The van der Waals surface area contributed by atoms with Gasteiger partial charge in [-0.25, -0.2) is 0 Å². The van der Waals surface area contributed by atoms with Gasteiger partial charge in [0.1, 0.15) is 0 Å². The van der Waals surface area contributed by atoms with Crippen molar-refractivity contribution < 1.29 is 9.90 Å². The third-order valence-corrected chi connectivity index (χ3v) is 3.01. The van der Waals surface area contributed by atoms with Gasteiger partial charge < -0.3 is 10.0 Å². The number of aliphatic hydroxyl groups is 1. The van der Waals surface area contributed by atoms with Crippen LogP contribution < -0.4 is 0 Å². The smallest absolute Gasteiger partial charge is 0.227 e. The van der Waals surface area contributed by atoms with E-state index in [1.54, 1.807) is 0 Å². The third-order valence-electron chi connectivity index (χ3n) is 3.01. The van der Waals surface area contributed by atoms with Crippen LogP contribution in [0.25, 0.3) is 0 Å². The summed E-state index contributed by atoms with van der Waals surface area (Å²) in [4.78, 5) is 13.6. The van der Waals surface area contributed by atoms with Crippen LogP contribution in [0.5, 0.6) is 0 Å². The second-order valence-electron chi connectivity index (χ2n) is 4.51. The normalized spacial score (nSPS) is 16.0. The SMILES string of the molecule is Cc1cccc(CC(=O)N2CC(CO)C2)c1. The van der Waals surface area contributed by atoms with Gasteiger partial charge in [-0.15, -0.1) is 0 Å². The van der Waals surface area contributed by atoms with Crippen LogP contribution in [0.2, 0.25) is 0 Å². The van der Waals surface area contributed by atoms with Gasteiger partial charge in [0.2, 0.25) is 5.91 Å². The number of aliphatic hydroxyl groups excluding tert-OH is 1. The molecule has 1 N–H and O–H groups in total. The van der Waals surface area contributed by atoms with Gasteiger partial charge in [0.05, 0.1) is 6.42 Å². The summed E-state index contributed by atoms with van der Waals surface area (Å²) < 4.78 is 0. The molecule has 1 amide bonds. The van der Waals surface area contributed by atoms with E-state index in [9.17, 15) is 4.79 Å². The lowest BCUT2D eigenvalue weighted by Gasteiger charge is -2.38. The van der Waals surface area contributed by atoms with E-state index in [-0.39, 0.29) is 12.5 Å². The number of aryl methyl sites for hydroxylation is 1. The Morgan fingerprint density at radius 2 is 2.25 bits per heavy atom. The molecule has 0 unspecified atom stereocenters. The van der Waals surface area contributed by atoms with E-state index in [0.29, 0.717) is 25.4 Å².